The van der Waals surface area contributed by atoms with Crippen LogP contribution in [0.25, 0.3) is 0 Å². The Morgan fingerprint density at radius 2 is 1.71 bits per heavy atom. The highest BCUT2D eigenvalue weighted by Gasteiger charge is 2.14. The topological polar surface area (TPSA) is 15.3 Å². The second-order valence-corrected chi connectivity index (χ2v) is 5.98. The number of nitrogens with zero attached hydrogens (tertiary/aromatic N) is 1. The van der Waals surface area contributed by atoms with Gasteiger partial charge in [-0.05, 0) is 63.9 Å². The molecule has 0 heterocycles. The Hall–Kier alpha value is -0.930. The van der Waals surface area contributed by atoms with Gasteiger partial charge in [-0.2, -0.15) is 0 Å². The van der Waals surface area contributed by atoms with Crippen LogP contribution in [0.2, 0.25) is 0 Å². The van der Waals surface area contributed by atoms with Crippen molar-refractivity contribution in [1.82, 2.24) is 10.2 Å². The van der Waals surface area contributed by atoms with Gasteiger partial charge in [-0.25, -0.2) is 4.39 Å². The van der Waals surface area contributed by atoms with Gasteiger partial charge in [-0.15, -0.1) is 0 Å². The Balaban J connectivity index is 2.66. The van der Waals surface area contributed by atoms with E-state index >= 15 is 0 Å². The van der Waals surface area contributed by atoms with Crippen molar-refractivity contribution >= 4 is 0 Å². The molecule has 0 saturated heterocycles. The quantitative estimate of drug-likeness (QED) is 0.689. The van der Waals surface area contributed by atoms with Gasteiger partial charge in [0.15, 0.2) is 0 Å². The molecule has 0 fully saturated rings. The van der Waals surface area contributed by atoms with Crippen LogP contribution in [0.4, 0.5) is 4.39 Å². The van der Waals surface area contributed by atoms with Crippen LogP contribution in [0.5, 0.6) is 0 Å². The van der Waals surface area contributed by atoms with E-state index in [0.717, 1.165) is 32.5 Å². The molecule has 1 aromatic rings. The number of benzene rings is 1. The SMILES string of the molecule is CCCNC(CCN(CCC)C(C)C)c1ccc(F)cc1. The predicted molar refractivity (Wildman–Crippen MR) is 89.1 cm³/mol. The third-order valence-corrected chi connectivity index (χ3v) is 3.86. The number of hydrogen-bond acceptors (Lipinski definition) is 2. The minimum absolute atomic E-state index is 0.164. The van der Waals surface area contributed by atoms with E-state index in [1.165, 1.54) is 12.0 Å². The van der Waals surface area contributed by atoms with Crippen molar-refractivity contribution in [3.8, 4) is 0 Å². The molecule has 0 spiro atoms. The molecule has 1 rings (SSSR count). The summed E-state index contributed by atoms with van der Waals surface area (Å²) in [6.45, 7) is 12.1. The summed E-state index contributed by atoms with van der Waals surface area (Å²) in [7, 11) is 0. The van der Waals surface area contributed by atoms with Crippen molar-refractivity contribution in [2.24, 2.45) is 0 Å². The fourth-order valence-electron chi connectivity index (χ4n) is 2.61. The summed E-state index contributed by atoms with van der Waals surface area (Å²) in [5.74, 6) is -0.164. The van der Waals surface area contributed by atoms with Gasteiger partial charge in [0.25, 0.3) is 0 Å². The van der Waals surface area contributed by atoms with E-state index in [4.69, 9.17) is 0 Å². The first-order valence-corrected chi connectivity index (χ1v) is 8.31. The number of nitrogens with one attached hydrogen (secondary N) is 1. The maximum atomic E-state index is 13.1. The molecule has 120 valence electrons. The molecule has 2 nitrogen and oxygen atoms in total. The van der Waals surface area contributed by atoms with Crippen LogP contribution in [-0.2, 0) is 0 Å². The van der Waals surface area contributed by atoms with Crippen LogP contribution in [0.15, 0.2) is 24.3 Å². The zero-order valence-electron chi connectivity index (χ0n) is 14.0. The first-order chi connectivity index (χ1) is 10.1. The van der Waals surface area contributed by atoms with E-state index in [2.05, 4.69) is 37.9 Å². The summed E-state index contributed by atoms with van der Waals surface area (Å²) in [6, 6.07) is 7.81. The molecule has 1 aromatic carbocycles. The van der Waals surface area contributed by atoms with Crippen LogP contribution < -0.4 is 5.32 Å². The summed E-state index contributed by atoms with van der Waals surface area (Å²) >= 11 is 0. The second kappa shape index (κ2) is 9.91. The summed E-state index contributed by atoms with van der Waals surface area (Å²) < 4.78 is 13.1. The molecule has 0 bridgehead atoms. The number of halogens is 1. The summed E-state index contributed by atoms with van der Waals surface area (Å²) in [6.07, 6.45) is 3.35. The maximum absolute atomic E-state index is 13.1. The van der Waals surface area contributed by atoms with Crippen molar-refractivity contribution in [3.05, 3.63) is 35.6 Å². The fraction of sp³-hybridized carbons (Fsp3) is 0.667. The van der Waals surface area contributed by atoms with Gasteiger partial charge in [0.2, 0.25) is 0 Å². The van der Waals surface area contributed by atoms with Crippen LogP contribution >= 0.6 is 0 Å². The average molecular weight is 294 g/mol. The van der Waals surface area contributed by atoms with Gasteiger partial charge in [0, 0.05) is 18.6 Å². The molecule has 0 aliphatic carbocycles. The van der Waals surface area contributed by atoms with Crippen molar-refractivity contribution in [1.29, 1.82) is 0 Å². The molecule has 1 unspecified atom stereocenters. The number of hydrogen-bond donors (Lipinski definition) is 1. The largest absolute Gasteiger partial charge is 0.310 e. The second-order valence-electron chi connectivity index (χ2n) is 5.98. The van der Waals surface area contributed by atoms with E-state index in [-0.39, 0.29) is 5.82 Å². The van der Waals surface area contributed by atoms with Crippen LogP contribution in [-0.4, -0.2) is 30.6 Å². The fourth-order valence-corrected chi connectivity index (χ4v) is 2.61. The Morgan fingerprint density at radius 3 is 2.24 bits per heavy atom. The zero-order valence-corrected chi connectivity index (χ0v) is 14.0. The van der Waals surface area contributed by atoms with Crippen LogP contribution in [0.1, 0.15) is 58.6 Å². The molecule has 0 radical (unpaired) electrons. The molecular formula is C18H31FN2. The third-order valence-electron chi connectivity index (χ3n) is 3.86. The van der Waals surface area contributed by atoms with Crippen molar-refractivity contribution in [2.75, 3.05) is 19.6 Å². The maximum Gasteiger partial charge on any atom is 0.123 e. The van der Waals surface area contributed by atoms with Gasteiger partial charge in [0.1, 0.15) is 5.82 Å². The molecule has 1 atom stereocenters. The monoisotopic (exact) mass is 294 g/mol. The van der Waals surface area contributed by atoms with E-state index in [1.54, 1.807) is 12.1 Å². The molecule has 0 aliphatic heterocycles. The first kappa shape index (κ1) is 18.1. The average Bonchev–Trinajstić information content (AvgIpc) is 2.47. The minimum Gasteiger partial charge on any atom is -0.310 e. The van der Waals surface area contributed by atoms with Gasteiger partial charge in [-0.1, -0.05) is 26.0 Å². The van der Waals surface area contributed by atoms with Gasteiger partial charge >= 0.3 is 0 Å². The highest BCUT2D eigenvalue weighted by atomic mass is 19.1. The Morgan fingerprint density at radius 1 is 1.05 bits per heavy atom. The lowest BCUT2D eigenvalue weighted by atomic mass is 10.0. The van der Waals surface area contributed by atoms with Crippen LogP contribution in [0, 0.1) is 5.82 Å². The molecule has 0 aromatic heterocycles. The number of rotatable bonds is 10. The van der Waals surface area contributed by atoms with Crippen LogP contribution in [0.3, 0.4) is 0 Å². The molecule has 0 amide bonds. The zero-order chi connectivity index (χ0) is 15.7. The van der Waals surface area contributed by atoms with Gasteiger partial charge < -0.3 is 10.2 Å². The van der Waals surface area contributed by atoms with Gasteiger partial charge in [-0.3, -0.25) is 0 Å². The van der Waals surface area contributed by atoms with E-state index in [9.17, 15) is 4.39 Å². The normalized spacial score (nSPS) is 13.1. The van der Waals surface area contributed by atoms with Crippen molar-refractivity contribution < 1.29 is 4.39 Å². The van der Waals surface area contributed by atoms with Crippen molar-refractivity contribution in [2.45, 2.75) is 59.0 Å². The summed E-state index contributed by atoms with van der Waals surface area (Å²) in [5.41, 5.74) is 1.19. The smallest absolute Gasteiger partial charge is 0.123 e. The Bertz CT molecular complexity index is 375. The highest BCUT2D eigenvalue weighted by molar-refractivity contribution is 5.20. The Labute approximate surface area is 129 Å². The summed E-state index contributed by atoms with van der Waals surface area (Å²) in [4.78, 5) is 2.52. The van der Waals surface area contributed by atoms with E-state index in [0.29, 0.717) is 12.1 Å². The lowest BCUT2D eigenvalue weighted by molar-refractivity contribution is 0.209. The summed E-state index contributed by atoms with van der Waals surface area (Å²) in [5, 5.41) is 3.59. The molecule has 0 saturated carbocycles. The lowest BCUT2D eigenvalue weighted by Gasteiger charge is -2.28. The minimum atomic E-state index is -0.164. The van der Waals surface area contributed by atoms with Gasteiger partial charge in [0.05, 0.1) is 0 Å². The molecule has 1 N–H and O–H groups in total. The third kappa shape index (κ3) is 6.58. The van der Waals surface area contributed by atoms with E-state index in [1.807, 2.05) is 12.1 Å². The van der Waals surface area contributed by atoms with E-state index < -0.39 is 0 Å². The molecule has 3 heteroatoms. The lowest BCUT2D eigenvalue weighted by Crippen LogP contribution is -2.35. The highest BCUT2D eigenvalue weighted by Crippen LogP contribution is 2.18. The Kier molecular flexibility index (Phi) is 8.55. The molecular weight excluding hydrogens is 263 g/mol. The molecule has 0 aliphatic rings. The van der Waals surface area contributed by atoms with Crippen molar-refractivity contribution in [3.63, 3.8) is 0 Å². The predicted octanol–water partition coefficient (Wildman–Crippen LogP) is 4.38. The molecule has 21 heavy (non-hydrogen) atoms. The first-order valence-electron chi connectivity index (χ1n) is 8.31. The standard InChI is InChI=1S/C18H31FN2/c1-5-12-20-18(16-7-9-17(19)10-8-16)11-14-21(13-6-2)15(3)4/h7-10,15,18,20H,5-6,11-14H2,1-4H3.